The minimum absolute atomic E-state index is 0.0279. The molecule has 5 rings (SSSR count). The zero-order chi connectivity index (χ0) is 31.4. The standard InChI is InChI=1S/C33H39N3O8/c1-20-13-27(38)32(42)33(44-20)24(22-10-11-26(37)28(15-22)43-2)16-29(39)34-12-5-3-4-8-30(40)35-17-21-14-23(19-35)25-7-6-9-31(41)36(25)18-21/h6-7,9-11,13,15,21,23-24,37,42H,3-5,8,12,14,16-19H2,1-2H3,(H,34,39). The molecule has 1 saturated heterocycles. The first-order valence-electron chi connectivity index (χ1n) is 15.1. The van der Waals surface area contributed by atoms with Gasteiger partial charge in [-0.15, -0.1) is 0 Å². The predicted octanol–water partition coefficient (Wildman–Crippen LogP) is 3.37. The van der Waals surface area contributed by atoms with Gasteiger partial charge in [-0.2, -0.15) is 0 Å². The van der Waals surface area contributed by atoms with E-state index in [0.29, 0.717) is 62.7 Å². The highest BCUT2D eigenvalue weighted by Crippen LogP contribution is 2.37. The Labute approximate surface area is 255 Å². The van der Waals surface area contributed by atoms with Crippen molar-refractivity contribution < 1.29 is 29.0 Å². The third-order valence-corrected chi connectivity index (χ3v) is 8.61. The van der Waals surface area contributed by atoms with Crippen LogP contribution in [0.1, 0.15) is 73.1 Å². The predicted molar refractivity (Wildman–Crippen MR) is 162 cm³/mol. The highest BCUT2D eigenvalue weighted by Gasteiger charge is 2.36. The molecule has 4 heterocycles. The van der Waals surface area contributed by atoms with E-state index in [4.69, 9.17) is 9.15 Å². The van der Waals surface area contributed by atoms with E-state index in [-0.39, 0.29) is 47.0 Å². The van der Waals surface area contributed by atoms with E-state index in [1.807, 2.05) is 15.5 Å². The summed E-state index contributed by atoms with van der Waals surface area (Å²) < 4.78 is 12.8. The van der Waals surface area contributed by atoms with Crippen LogP contribution in [0, 0.1) is 12.8 Å². The summed E-state index contributed by atoms with van der Waals surface area (Å²) in [7, 11) is 1.40. The Balaban J connectivity index is 1.11. The van der Waals surface area contributed by atoms with Gasteiger partial charge in [-0.05, 0) is 55.9 Å². The topological polar surface area (TPSA) is 151 Å². The second-order valence-corrected chi connectivity index (χ2v) is 11.8. The van der Waals surface area contributed by atoms with Gasteiger partial charge >= 0.3 is 0 Å². The van der Waals surface area contributed by atoms with E-state index >= 15 is 0 Å². The number of unbranched alkanes of at least 4 members (excludes halogenated alkanes) is 2. The molecule has 11 heteroatoms. The Morgan fingerprint density at radius 1 is 1.07 bits per heavy atom. The number of aryl methyl sites for hydroxylation is 1. The second kappa shape index (κ2) is 13.4. The summed E-state index contributed by atoms with van der Waals surface area (Å²) in [4.78, 5) is 52.4. The van der Waals surface area contributed by atoms with Gasteiger partial charge in [-0.1, -0.05) is 18.6 Å². The second-order valence-electron chi connectivity index (χ2n) is 11.8. The number of nitrogens with zero attached hydrogens (tertiary/aromatic N) is 2. The fourth-order valence-electron chi connectivity index (χ4n) is 6.46. The zero-order valence-corrected chi connectivity index (χ0v) is 25.1. The number of piperidine rings is 1. The molecule has 0 saturated carbocycles. The van der Waals surface area contributed by atoms with Gasteiger partial charge < -0.3 is 34.2 Å². The lowest BCUT2D eigenvalue weighted by Crippen LogP contribution is -2.49. The fraction of sp³-hybridized carbons (Fsp3) is 0.455. The van der Waals surface area contributed by atoms with Crippen molar-refractivity contribution in [3.63, 3.8) is 0 Å². The Morgan fingerprint density at radius 3 is 2.68 bits per heavy atom. The molecule has 2 aliphatic heterocycles. The summed E-state index contributed by atoms with van der Waals surface area (Å²) in [5.74, 6) is -0.704. The molecular formula is C33H39N3O8. The van der Waals surface area contributed by atoms with Crippen molar-refractivity contribution in [1.82, 2.24) is 14.8 Å². The van der Waals surface area contributed by atoms with Gasteiger partial charge in [0.05, 0.1) is 13.0 Å². The van der Waals surface area contributed by atoms with Gasteiger partial charge in [0.25, 0.3) is 5.56 Å². The number of pyridine rings is 1. The van der Waals surface area contributed by atoms with Crippen molar-refractivity contribution in [1.29, 1.82) is 0 Å². The first-order valence-corrected chi connectivity index (χ1v) is 15.1. The van der Waals surface area contributed by atoms with Gasteiger partial charge in [-0.25, -0.2) is 0 Å². The van der Waals surface area contributed by atoms with Crippen LogP contribution in [0.15, 0.2) is 56.5 Å². The van der Waals surface area contributed by atoms with E-state index in [9.17, 15) is 29.4 Å². The van der Waals surface area contributed by atoms with Crippen LogP contribution in [0.2, 0.25) is 0 Å². The van der Waals surface area contributed by atoms with Crippen LogP contribution in [0.3, 0.4) is 0 Å². The summed E-state index contributed by atoms with van der Waals surface area (Å²) in [5.41, 5.74) is 0.964. The molecule has 234 valence electrons. The Kier molecular flexibility index (Phi) is 9.41. The molecule has 1 fully saturated rings. The maximum atomic E-state index is 13.0. The molecule has 3 atom stereocenters. The van der Waals surface area contributed by atoms with Crippen molar-refractivity contribution in [2.24, 2.45) is 5.92 Å². The molecule has 2 bridgehead atoms. The lowest BCUT2D eigenvalue weighted by molar-refractivity contribution is -0.134. The summed E-state index contributed by atoms with van der Waals surface area (Å²) in [6, 6.07) is 11.1. The zero-order valence-electron chi connectivity index (χ0n) is 25.1. The molecule has 3 aromatic rings. The monoisotopic (exact) mass is 605 g/mol. The summed E-state index contributed by atoms with van der Waals surface area (Å²) in [6.45, 7) is 3.96. The molecule has 3 unspecified atom stereocenters. The number of ether oxygens (including phenoxy) is 1. The summed E-state index contributed by atoms with van der Waals surface area (Å²) >= 11 is 0. The van der Waals surface area contributed by atoms with Crippen molar-refractivity contribution in [2.45, 2.75) is 63.8 Å². The number of carbonyl (C=O) groups is 2. The minimum atomic E-state index is -0.802. The molecule has 0 spiro atoms. The van der Waals surface area contributed by atoms with Crippen LogP contribution in [0.25, 0.3) is 0 Å². The van der Waals surface area contributed by atoms with Crippen LogP contribution < -0.4 is 21.0 Å². The van der Waals surface area contributed by atoms with Gasteiger partial charge in [0.15, 0.2) is 17.3 Å². The number of methoxy groups -OCH3 is 1. The highest BCUT2D eigenvalue weighted by atomic mass is 16.5. The number of amides is 2. The van der Waals surface area contributed by atoms with Crippen LogP contribution in [0.4, 0.5) is 0 Å². The lowest BCUT2D eigenvalue weighted by Gasteiger charge is -2.42. The van der Waals surface area contributed by atoms with Crippen molar-refractivity contribution >= 4 is 11.8 Å². The molecule has 0 radical (unpaired) electrons. The van der Waals surface area contributed by atoms with Crippen LogP contribution in [-0.4, -0.2) is 58.2 Å². The van der Waals surface area contributed by atoms with Crippen molar-refractivity contribution in [2.75, 3.05) is 26.7 Å². The molecule has 44 heavy (non-hydrogen) atoms. The number of rotatable bonds is 11. The van der Waals surface area contributed by atoms with Crippen molar-refractivity contribution in [3.8, 4) is 17.2 Å². The highest BCUT2D eigenvalue weighted by molar-refractivity contribution is 5.78. The summed E-state index contributed by atoms with van der Waals surface area (Å²) in [6.07, 6.45) is 3.48. The number of aromatic nitrogens is 1. The maximum Gasteiger partial charge on any atom is 0.250 e. The van der Waals surface area contributed by atoms with E-state index < -0.39 is 17.1 Å². The van der Waals surface area contributed by atoms with Gasteiger partial charge in [0.2, 0.25) is 23.0 Å². The van der Waals surface area contributed by atoms with Crippen molar-refractivity contribution in [3.05, 3.63) is 85.8 Å². The molecule has 1 aromatic carbocycles. The van der Waals surface area contributed by atoms with E-state index in [1.165, 1.54) is 19.2 Å². The average molecular weight is 606 g/mol. The van der Waals surface area contributed by atoms with Gasteiger partial charge in [-0.3, -0.25) is 19.2 Å². The molecular weight excluding hydrogens is 566 g/mol. The van der Waals surface area contributed by atoms with E-state index in [0.717, 1.165) is 18.5 Å². The number of carbonyl (C=O) groups excluding carboxylic acids is 2. The van der Waals surface area contributed by atoms with E-state index in [2.05, 4.69) is 5.32 Å². The molecule has 2 amide bonds. The Bertz CT molecular complexity index is 1640. The SMILES string of the molecule is COc1cc(C(CC(=O)NCCCCCC(=O)N2CC3CC(C2)c2cccc(=O)n2C3)c2oc(C)cc(=O)c2O)ccc1O. The number of fused-ring (bicyclic) bond motifs is 4. The molecule has 0 aliphatic carbocycles. The lowest BCUT2D eigenvalue weighted by atomic mass is 9.83. The number of benzene rings is 1. The quantitative estimate of drug-likeness (QED) is 0.282. The fourth-order valence-corrected chi connectivity index (χ4v) is 6.46. The minimum Gasteiger partial charge on any atom is -0.504 e. The molecule has 11 nitrogen and oxygen atoms in total. The van der Waals surface area contributed by atoms with Crippen LogP contribution >= 0.6 is 0 Å². The summed E-state index contributed by atoms with van der Waals surface area (Å²) in [5, 5.41) is 23.4. The number of likely N-dealkylation sites (tertiary alicyclic amines) is 1. The van der Waals surface area contributed by atoms with Gasteiger partial charge in [0, 0.05) is 62.8 Å². The Morgan fingerprint density at radius 2 is 1.89 bits per heavy atom. The molecule has 3 N–H and O–H groups in total. The number of hydrogen-bond acceptors (Lipinski definition) is 8. The number of nitrogens with one attached hydrogen (secondary N) is 1. The maximum absolute atomic E-state index is 13.0. The van der Waals surface area contributed by atoms with Crippen LogP contribution in [0.5, 0.6) is 17.2 Å². The largest absolute Gasteiger partial charge is 0.504 e. The van der Waals surface area contributed by atoms with E-state index in [1.54, 1.807) is 31.2 Å². The smallest absolute Gasteiger partial charge is 0.250 e. The first kappa shape index (κ1) is 30.9. The van der Waals surface area contributed by atoms with Gasteiger partial charge in [0.1, 0.15) is 5.76 Å². The van der Waals surface area contributed by atoms with Crippen LogP contribution in [-0.2, 0) is 16.1 Å². The molecule has 2 aromatic heterocycles. The number of hydrogen-bond donors (Lipinski definition) is 3. The Hall–Kier alpha value is -4.54. The molecule has 2 aliphatic rings. The third-order valence-electron chi connectivity index (χ3n) is 8.61. The number of phenols is 1. The average Bonchev–Trinajstić information content (AvgIpc) is 3.00. The third kappa shape index (κ3) is 6.82. The number of aromatic hydroxyl groups is 2. The normalized spacial score (nSPS) is 17.9. The number of phenolic OH excluding ortho intramolecular Hbond substituents is 1. The first-order chi connectivity index (χ1) is 21.1.